The van der Waals surface area contributed by atoms with Crippen LogP contribution < -0.4 is 5.73 Å². The first-order chi connectivity index (χ1) is 7.69. The molecule has 0 heterocycles. The van der Waals surface area contributed by atoms with Gasteiger partial charge in [-0.25, -0.2) is 4.79 Å². The first-order valence-corrected chi connectivity index (χ1v) is 4.77. The van der Waals surface area contributed by atoms with E-state index in [-0.39, 0.29) is 0 Å². The standard InChI is InChI=1S/C12H13NO3/c1-16-12(15)10-6-5-9(11(13)8-10)4-2-3-7-14/h2,4-8H,3,13H2,1H3. The summed E-state index contributed by atoms with van der Waals surface area (Å²) in [5.74, 6) is -0.421. The summed E-state index contributed by atoms with van der Waals surface area (Å²) in [7, 11) is 1.32. The molecule has 0 fully saturated rings. The lowest BCUT2D eigenvalue weighted by Crippen LogP contribution is -2.02. The van der Waals surface area contributed by atoms with Crippen LogP contribution in [0.15, 0.2) is 24.3 Å². The SMILES string of the molecule is COC(=O)c1ccc(C=CCC=O)c(N)c1. The summed E-state index contributed by atoms with van der Waals surface area (Å²) >= 11 is 0. The fraction of sp³-hybridized carbons (Fsp3) is 0.167. The number of ether oxygens (including phenoxy) is 1. The number of nitrogen functional groups attached to an aromatic ring is 1. The van der Waals surface area contributed by atoms with Gasteiger partial charge in [0.1, 0.15) is 6.29 Å². The average Bonchev–Trinajstić information content (AvgIpc) is 2.30. The Morgan fingerprint density at radius 3 is 2.81 bits per heavy atom. The zero-order valence-corrected chi connectivity index (χ0v) is 8.97. The molecular formula is C12H13NO3. The van der Waals surface area contributed by atoms with Crippen LogP contribution in [-0.4, -0.2) is 19.4 Å². The van der Waals surface area contributed by atoms with Gasteiger partial charge >= 0.3 is 5.97 Å². The van der Waals surface area contributed by atoms with Crippen LogP contribution in [0, 0.1) is 0 Å². The topological polar surface area (TPSA) is 69.4 Å². The minimum atomic E-state index is -0.421. The highest BCUT2D eigenvalue weighted by atomic mass is 16.5. The number of methoxy groups -OCH3 is 1. The van der Waals surface area contributed by atoms with Crippen molar-refractivity contribution < 1.29 is 14.3 Å². The van der Waals surface area contributed by atoms with Gasteiger partial charge in [0.15, 0.2) is 0 Å². The van der Waals surface area contributed by atoms with Crippen LogP contribution in [0.3, 0.4) is 0 Å². The second-order valence-corrected chi connectivity index (χ2v) is 3.14. The van der Waals surface area contributed by atoms with Crippen LogP contribution in [0.1, 0.15) is 22.3 Å². The molecular weight excluding hydrogens is 206 g/mol. The molecule has 1 rings (SSSR count). The van der Waals surface area contributed by atoms with E-state index in [1.807, 2.05) is 0 Å². The van der Waals surface area contributed by atoms with Crippen LogP contribution in [-0.2, 0) is 9.53 Å². The molecule has 0 bridgehead atoms. The molecule has 0 unspecified atom stereocenters. The van der Waals surface area contributed by atoms with E-state index in [1.165, 1.54) is 7.11 Å². The third-order valence-electron chi connectivity index (χ3n) is 2.04. The van der Waals surface area contributed by atoms with Gasteiger partial charge in [0.25, 0.3) is 0 Å². The second kappa shape index (κ2) is 5.70. The van der Waals surface area contributed by atoms with Gasteiger partial charge in [0.2, 0.25) is 0 Å². The molecule has 0 saturated carbocycles. The second-order valence-electron chi connectivity index (χ2n) is 3.14. The Morgan fingerprint density at radius 1 is 1.50 bits per heavy atom. The van der Waals surface area contributed by atoms with E-state index in [0.717, 1.165) is 11.8 Å². The Kier molecular flexibility index (Phi) is 4.27. The molecule has 0 atom stereocenters. The molecule has 0 saturated heterocycles. The van der Waals surface area contributed by atoms with Crippen LogP contribution in [0.5, 0.6) is 0 Å². The van der Waals surface area contributed by atoms with Crippen LogP contribution in [0.2, 0.25) is 0 Å². The zero-order valence-electron chi connectivity index (χ0n) is 8.97. The first-order valence-electron chi connectivity index (χ1n) is 4.77. The summed E-state index contributed by atoms with van der Waals surface area (Å²) in [6, 6.07) is 4.89. The number of esters is 1. The van der Waals surface area contributed by atoms with Gasteiger partial charge in [-0.1, -0.05) is 18.2 Å². The molecule has 4 nitrogen and oxygen atoms in total. The molecule has 0 aliphatic rings. The number of benzene rings is 1. The largest absolute Gasteiger partial charge is 0.465 e. The van der Waals surface area contributed by atoms with E-state index in [0.29, 0.717) is 17.7 Å². The van der Waals surface area contributed by atoms with E-state index >= 15 is 0 Å². The third-order valence-corrected chi connectivity index (χ3v) is 2.04. The maximum atomic E-state index is 11.2. The maximum absolute atomic E-state index is 11.2. The summed E-state index contributed by atoms with van der Waals surface area (Å²) in [5.41, 5.74) is 7.41. The number of carbonyl (C=O) groups is 2. The maximum Gasteiger partial charge on any atom is 0.337 e. The van der Waals surface area contributed by atoms with Crippen molar-refractivity contribution in [1.29, 1.82) is 0 Å². The highest BCUT2D eigenvalue weighted by Crippen LogP contribution is 2.16. The smallest absolute Gasteiger partial charge is 0.337 e. The van der Waals surface area contributed by atoms with Gasteiger partial charge < -0.3 is 15.3 Å². The highest BCUT2D eigenvalue weighted by molar-refractivity contribution is 5.91. The number of allylic oxidation sites excluding steroid dienone is 1. The highest BCUT2D eigenvalue weighted by Gasteiger charge is 2.06. The van der Waals surface area contributed by atoms with E-state index in [1.54, 1.807) is 30.4 Å². The molecule has 0 aromatic heterocycles. The third kappa shape index (κ3) is 2.95. The number of rotatable bonds is 4. The van der Waals surface area contributed by atoms with Crippen molar-refractivity contribution in [2.75, 3.05) is 12.8 Å². The molecule has 1 aromatic rings. The molecule has 0 amide bonds. The van der Waals surface area contributed by atoms with E-state index in [4.69, 9.17) is 5.73 Å². The summed E-state index contributed by atoms with van der Waals surface area (Å²) in [6.45, 7) is 0. The van der Waals surface area contributed by atoms with Crippen molar-refractivity contribution in [3.63, 3.8) is 0 Å². The molecule has 4 heteroatoms. The van der Waals surface area contributed by atoms with Crippen LogP contribution in [0.25, 0.3) is 6.08 Å². The van der Waals surface area contributed by atoms with Crippen molar-refractivity contribution in [2.24, 2.45) is 0 Å². The lowest BCUT2D eigenvalue weighted by Gasteiger charge is -2.03. The summed E-state index contributed by atoms with van der Waals surface area (Å²) < 4.78 is 4.57. The monoisotopic (exact) mass is 219 g/mol. The molecule has 0 aliphatic heterocycles. The fourth-order valence-corrected chi connectivity index (χ4v) is 1.22. The Bertz CT molecular complexity index is 424. The van der Waals surface area contributed by atoms with Crippen molar-refractivity contribution in [3.8, 4) is 0 Å². The molecule has 0 aliphatic carbocycles. The van der Waals surface area contributed by atoms with Crippen molar-refractivity contribution >= 4 is 24.0 Å². The Morgan fingerprint density at radius 2 is 2.25 bits per heavy atom. The number of anilines is 1. The minimum Gasteiger partial charge on any atom is -0.465 e. The molecule has 2 N–H and O–H groups in total. The van der Waals surface area contributed by atoms with E-state index in [2.05, 4.69) is 4.74 Å². The van der Waals surface area contributed by atoms with E-state index in [9.17, 15) is 9.59 Å². The minimum absolute atomic E-state index is 0.345. The van der Waals surface area contributed by atoms with Gasteiger partial charge in [-0.15, -0.1) is 0 Å². The Balaban J connectivity index is 2.91. The van der Waals surface area contributed by atoms with Crippen LogP contribution >= 0.6 is 0 Å². The number of carbonyl (C=O) groups excluding carboxylic acids is 2. The lowest BCUT2D eigenvalue weighted by molar-refractivity contribution is -0.107. The quantitative estimate of drug-likeness (QED) is 0.475. The van der Waals surface area contributed by atoms with Crippen molar-refractivity contribution in [1.82, 2.24) is 0 Å². The van der Waals surface area contributed by atoms with Gasteiger partial charge in [0.05, 0.1) is 12.7 Å². The molecule has 16 heavy (non-hydrogen) atoms. The Labute approximate surface area is 93.7 Å². The van der Waals surface area contributed by atoms with Crippen molar-refractivity contribution in [3.05, 3.63) is 35.4 Å². The predicted molar refractivity (Wildman–Crippen MR) is 61.9 cm³/mol. The van der Waals surface area contributed by atoms with Crippen molar-refractivity contribution in [2.45, 2.75) is 6.42 Å². The molecule has 0 spiro atoms. The van der Waals surface area contributed by atoms with Gasteiger partial charge in [-0.2, -0.15) is 0 Å². The van der Waals surface area contributed by atoms with Crippen LogP contribution in [0.4, 0.5) is 5.69 Å². The van der Waals surface area contributed by atoms with Gasteiger partial charge in [-0.3, -0.25) is 0 Å². The molecule has 0 radical (unpaired) electrons. The zero-order chi connectivity index (χ0) is 12.0. The van der Waals surface area contributed by atoms with Gasteiger partial charge in [0, 0.05) is 12.1 Å². The number of nitrogens with two attached hydrogens (primary N) is 1. The Hall–Kier alpha value is -2.10. The number of aldehydes is 1. The molecule has 84 valence electrons. The summed E-state index contributed by atoms with van der Waals surface area (Å²) in [5, 5.41) is 0. The first kappa shape index (κ1) is 12.0. The summed E-state index contributed by atoms with van der Waals surface area (Å²) in [4.78, 5) is 21.3. The summed E-state index contributed by atoms with van der Waals surface area (Å²) in [6.07, 6.45) is 4.59. The fourth-order valence-electron chi connectivity index (χ4n) is 1.22. The lowest BCUT2D eigenvalue weighted by atomic mass is 10.1. The van der Waals surface area contributed by atoms with Gasteiger partial charge in [-0.05, 0) is 17.7 Å². The molecule has 1 aromatic carbocycles. The number of hydrogen-bond acceptors (Lipinski definition) is 4. The predicted octanol–water partition coefficient (Wildman–Crippen LogP) is 1.66. The average molecular weight is 219 g/mol. The number of hydrogen-bond donors (Lipinski definition) is 1. The normalized spacial score (nSPS) is 10.3. The van der Waals surface area contributed by atoms with E-state index < -0.39 is 5.97 Å².